The lowest BCUT2D eigenvalue weighted by molar-refractivity contribution is -0.385. The zero-order chi connectivity index (χ0) is 16.7. The van der Waals surface area contributed by atoms with Gasteiger partial charge in [-0.2, -0.15) is 4.31 Å². The van der Waals surface area contributed by atoms with Crippen LogP contribution in [0.4, 0.5) is 5.69 Å². The van der Waals surface area contributed by atoms with Crippen LogP contribution in [0.15, 0.2) is 17.0 Å². The topological polar surface area (TPSA) is 118 Å². The second-order valence-electron chi connectivity index (χ2n) is 4.92. The summed E-state index contributed by atoms with van der Waals surface area (Å²) < 4.78 is 26.0. The van der Waals surface area contributed by atoms with Gasteiger partial charge in [0.1, 0.15) is 6.04 Å². The Labute approximate surface area is 131 Å². The first-order valence-corrected chi connectivity index (χ1v) is 8.17. The van der Waals surface area contributed by atoms with Gasteiger partial charge >= 0.3 is 5.97 Å². The minimum absolute atomic E-state index is 0.0542. The Balaban J connectivity index is 2.55. The maximum Gasteiger partial charge on any atom is 0.322 e. The molecule has 0 radical (unpaired) electrons. The second kappa shape index (κ2) is 5.82. The molecule has 10 heteroatoms. The smallest absolute Gasteiger partial charge is 0.322 e. The van der Waals surface area contributed by atoms with Crippen molar-refractivity contribution in [2.75, 3.05) is 6.54 Å². The van der Waals surface area contributed by atoms with Gasteiger partial charge in [-0.15, -0.1) is 0 Å². The molecule has 1 N–H and O–H groups in total. The standard InChI is InChI=1S/C12H13ClN2O6S/c1-7-9(13)5-8(6-11(7)15(18)19)22(20,21)14-4-2-3-10(14)12(16)17/h5-6,10H,2-4H2,1H3,(H,16,17)/t10-/m1/s1. The van der Waals surface area contributed by atoms with E-state index in [0.29, 0.717) is 6.42 Å². The zero-order valence-electron chi connectivity index (χ0n) is 11.5. The van der Waals surface area contributed by atoms with Gasteiger partial charge in [0.15, 0.2) is 0 Å². The number of nitrogens with zero attached hydrogens (tertiary/aromatic N) is 2. The zero-order valence-corrected chi connectivity index (χ0v) is 13.1. The van der Waals surface area contributed by atoms with Gasteiger partial charge in [0.2, 0.25) is 10.0 Å². The number of hydrogen-bond acceptors (Lipinski definition) is 5. The molecule has 0 aromatic heterocycles. The molecule has 22 heavy (non-hydrogen) atoms. The largest absolute Gasteiger partial charge is 0.480 e. The highest BCUT2D eigenvalue weighted by Crippen LogP contribution is 2.33. The molecular formula is C12H13ClN2O6S. The molecule has 0 amide bonds. The Morgan fingerprint density at radius 1 is 1.50 bits per heavy atom. The van der Waals surface area contributed by atoms with Crippen molar-refractivity contribution in [3.8, 4) is 0 Å². The number of sulfonamides is 1. The van der Waals surface area contributed by atoms with Crippen molar-refractivity contribution in [3.63, 3.8) is 0 Å². The summed E-state index contributed by atoms with van der Waals surface area (Å²) in [4.78, 5) is 21.0. The summed E-state index contributed by atoms with van der Waals surface area (Å²) in [7, 11) is -4.16. The van der Waals surface area contributed by atoms with E-state index in [2.05, 4.69) is 0 Å². The lowest BCUT2D eigenvalue weighted by atomic mass is 10.2. The van der Waals surface area contributed by atoms with Gasteiger partial charge in [0.25, 0.3) is 5.69 Å². The molecule has 0 spiro atoms. The molecule has 2 rings (SSSR count). The molecule has 1 saturated heterocycles. The Morgan fingerprint density at radius 2 is 2.14 bits per heavy atom. The van der Waals surface area contributed by atoms with Crippen LogP contribution in [-0.4, -0.2) is 41.3 Å². The second-order valence-corrected chi connectivity index (χ2v) is 7.22. The van der Waals surface area contributed by atoms with Gasteiger partial charge in [-0.05, 0) is 25.8 Å². The van der Waals surface area contributed by atoms with E-state index in [1.807, 2.05) is 0 Å². The number of aliphatic carboxylic acids is 1. The van der Waals surface area contributed by atoms with E-state index >= 15 is 0 Å². The minimum Gasteiger partial charge on any atom is -0.480 e. The van der Waals surface area contributed by atoms with Crippen LogP contribution in [0, 0.1) is 17.0 Å². The summed E-state index contributed by atoms with van der Waals surface area (Å²) in [5, 5.41) is 20.0. The van der Waals surface area contributed by atoms with Gasteiger partial charge < -0.3 is 5.11 Å². The fourth-order valence-corrected chi connectivity index (χ4v) is 4.37. The Bertz CT molecular complexity index is 748. The summed E-state index contributed by atoms with van der Waals surface area (Å²) in [5.74, 6) is -1.24. The van der Waals surface area contributed by atoms with E-state index < -0.39 is 32.6 Å². The Morgan fingerprint density at radius 3 is 2.68 bits per heavy atom. The number of benzene rings is 1. The molecule has 1 aromatic rings. The normalized spacial score (nSPS) is 19.3. The molecule has 1 aliphatic rings. The van der Waals surface area contributed by atoms with Crippen LogP contribution in [0.2, 0.25) is 5.02 Å². The van der Waals surface area contributed by atoms with Gasteiger partial charge in [-0.25, -0.2) is 8.42 Å². The van der Waals surface area contributed by atoms with Crippen molar-refractivity contribution >= 4 is 33.3 Å². The maximum atomic E-state index is 12.6. The monoisotopic (exact) mass is 348 g/mol. The van der Waals surface area contributed by atoms with E-state index in [0.717, 1.165) is 16.4 Å². The minimum atomic E-state index is -4.16. The average Bonchev–Trinajstić information content (AvgIpc) is 2.91. The van der Waals surface area contributed by atoms with Crippen molar-refractivity contribution in [2.24, 2.45) is 0 Å². The van der Waals surface area contributed by atoms with Gasteiger partial charge in [-0.3, -0.25) is 14.9 Å². The number of nitro benzene ring substituents is 1. The van der Waals surface area contributed by atoms with E-state index in [-0.39, 0.29) is 28.4 Å². The number of carboxylic acids is 1. The molecule has 1 aromatic carbocycles. The summed E-state index contributed by atoms with van der Waals surface area (Å²) in [6, 6.07) is 0.855. The third-order valence-corrected chi connectivity index (χ3v) is 5.86. The summed E-state index contributed by atoms with van der Waals surface area (Å²) in [5.41, 5.74) is -0.265. The van der Waals surface area contributed by atoms with Crippen LogP contribution in [-0.2, 0) is 14.8 Å². The molecule has 1 fully saturated rings. The molecule has 0 aliphatic carbocycles. The fourth-order valence-electron chi connectivity index (χ4n) is 2.39. The van der Waals surface area contributed by atoms with E-state index in [1.54, 1.807) is 0 Å². The molecule has 1 atom stereocenters. The lowest BCUT2D eigenvalue weighted by Gasteiger charge is -2.21. The molecule has 1 heterocycles. The molecular weight excluding hydrogens is 336 g/mol. The van der Waals surface area contributed by atoms with Gasteiger partial charge in [0, 0.05) is 18.2 Å². The van der Waals surface area contributed by atoms with Crippen LogP contribution in [0.25, 0.3) is 0 Å². The number of rotatable bonds is 4. The van der Waals surface area contributed by atoms with Crippen molar-refractivity contribution in [3.05, 3.63) is 32.8 Å². The highest BCUT2D eigenvalue weighted by molar-refractivity contribution is 7.89. The summed E-state index contributed by atoms with van der Waals surface area (Å²) >= 11 is 5.87. The van der Waals surface area contributed by atoms with Gasteiger partial charge in [0.05, 0.1) is 14.8 Å². The van der Waals surface area contributed by atoms with Crippen LogP contribution >= 0.6 is 11.6 Å². The highest BCUT2D eigenvalue weighted by atomic mass is 35.5. The number of carboxylic acid groups (broad SMARTS) is 1. The van der Waals surface area contributed by atoms with Crippen molar-refractivity contribution in [1.82, 2.24) is 4.31 Å². The predicted octanol–water partition coefficient (Wildman–Crippen LogP) is 1.79. The number of hydrogen-bond donors (Lipinski definition) is 1. The van der Waals surface area contributed by atoms with Crippen LogP contribution < -0.4 is 0 Å². The van der Waals surface area contributed by atoms with E-state index in [1.165, 1.54) is 6.92 Å². The van der Waals surface area contributed by atoms with Gasteiger partial charge in [-0.1, -0.05) is 11.6 Å². The predicted molar refractivity (Wildman–Crippen MR) is 77.4 cm³/mol. The third-order valence-electron chi connectivity index (χ3n) is 3.58. The SMILES string of the molecule is Cc1c(Cl)cc(S(=O)(=O)N2CCC[C@@H]2C(=O)O)cc1[N+](=O)[O-]. The van der Waals surface area contributed by atoms with Crippen molar-refractivity contribution in [2.45, 2.75) is 30.7 Å². The Kier molecular flexibility index (Phi) is 4.41. The maximum absolute atomic E-state index is 12.6. The first kappa shape index (κ1) is 16.7. The summed E-state index contributed by atoms with van der Waals surface area (Å²) in [6.45, 7) is 1.46. The highest BCUT2D eigenvalue weighted by Gasteiger charge is 2.40. The molecule has 0 bridgehead atoms. The summed E-state index contributed by atoms with van der Waals surface area (Å²) in [6.07, 6.45) is 0.619. The molecule has 8 nitrogen and oxygen atoms in total. The average molecular weight is 349 g/mol. The Hall–Kier alpha value is -1.71. The number of carbonyl (C=O) groups is 1. The van der Waals surface area contributed by atoms with Crippen molar-refractivity contribution in [1.29, 1.82) is 0 Å². The first-order valence-electron chi connectivity index (χ1n) is 6.35. The fraction of sp³-hybridized carbons (Fsp3) is 0.417. The number of nitro groups is 1. The molecule has 120 valence electrons. The van der Waals surface area contributed by atoms with Crippen molar-refractivity contribution < 1.29 is 23.2 Å². The quantitative estimate of drug-likeness (QED) is 0.654. The molecule has 1 aliphatic heterocycles. The number of halogens is 1. The van der Waals surface area contributed by atoms with Crippen LogP contribution in [0.5, 0.6) is 0 Å². The van der Waals surface area contributed by atoms with E-state index in [4.69, 9.17) is 16.7 Å². The third kappa shape index (κ3) is 2.79. The lowest BCUT2D eigenvalue weighted by Crippen LogP contribution is -2.40. The van der Waals surface area contributed by atoms with Crippen LogP contribution in [0.3, 0.4) is 0 Å². The molecule has 0 saturated carbocycles. The van der Waals surface area contributed by atoms with E-state index in [9.17, 15) is 23.3 Å². The van der Waals surface area contributed by atoms with Crippen LogP contribution in [0.1, 0.15) is 18.4 Å². The first-order chi connectivity index (χ1) is 10.2. The molecule has 0 unspecified atom stereocenters.